The number of nitrogens with zero attached hydrogens (tertiary/aromatic N) is 1. The molecule has 2 amide bonds. The monoisotopic (exact) mass is 284 g/mol. The first kappa shape index (κ1) is 16.8. The Bertz CT molecular complexity index is 320. The van der Waals surface area contributed by atoms with E-state index < -0.39 is 5.97 Å². The maximum atomic E-state index is 12.1. The average Bonchev–Trinajstić information content (AvgIpc) is 2.44. The Kier molecular flexibility index (Phi) is 7.41. The molecule has 0 aromatic rings. The molecule has 0 spiro atoms. The smallest absolute Gasteiger partial charge is 0.317 e. The second kappa shape index (κ2) is 8.82. The van der Waals surface area contributed by atoms with Crippen molar-refractivity contribution in [1.29, 1.82) is 0 Å². The number of urea groups is 1. The van der Waals surface area contributed by atoms with E-state index in [1.54, 1.807) is 0 Å². The topological polar surface area (TPSA) is 69.6 Å². The molecule has 1 fully saturated rings. The van der Waals surface area contributed by atoms with Gasteiger partial charge in [0.1, 0.15) is 0 Å². The predicted molar refractivity (Wildman–Crippen MR) is 78.7 cm³/mol. The van der Waals surface area contributed by atoms with Crippen molar-refractivity contribution < 1.29 is 14.7 Å². The molecule has 1 rings (SSSR count). The molecule has 1 aliphatic heterocycles. The minimum absolute atomic E-state index is 0.0435. The summed E-state index contributed by atoms with van der Waals surface area (Å²) in [5.74, 6) is -0.422. The number of rotatable bonds is 7. The lowest BCUT2D eigenvalue weighted by molar-refractivity contribution is -0.137. The van der Waals surface area contributed by atoms with E-state index in [9.17, 15) is 9.59 Å². The van der Waals surface area contributed by atoms with E-state index >= 15 is 0 Å². The first-order valence-corrected chi connectivity index (χ1v) is 7.80. The van der Waals surface area contributed by atoms with Gasteiger partial charge in [0.15, 0.2) is 0 Å². The number of carboxylic acids is 1. The number of piperidine rings is 1. The molecule has 0 saturated carbocycles. The number of nitrogens with one attached hydrogen (secondary N) is 1. The van der Waals surface area contributed by atoms with Crippen molar-refractivity contribution in [3.05, 3.63) is 0 Å². The van der Waals surface area contributed by atoms with Gasteiger partial charge in [0.25, 0.3) is 0 Å². The molecule has 5 heteroatoms. The normalized spacial score (nSPS) is 20.5. The van der Waals surface area contributed by atoms with Crippen molar-refractivity contribution in [3.8, 4) is 0 Å². The van der Waals surface area contributed by atoms with E-state index in [1.165, 1.54) is 6.42 Å². The van der Waals surface area contributed by atoms with Gasteiger partial charge in [-0.2, -0.15) is 0 Å². The van der Waals surface area contributed by atoms with Crippen LogP contribution in [0.15, 0.2) is 0 Å². The maximum absolute atomic E-state index is 12.1. The lowest BCUT2D eigenvalue weighted by Crippen LogP contribution is -2.48. The largest absolute Gasteiger partial charge is 0.481 e. The van der Waals surface area contributed by atoms with Crippen LogP contribution in [-0.2, 0) is 4.79 Å². The maximum Gasteiger partial charge on any atom is 0.317 e. The number of hydrogen-bond donors (Lipinski definition) is 2. The Balaban J connectivity index is 2.23. The molecule has 1 aliphatic rings. The molecule has 0 aliphatic carbocycles. The molecule has 20 heavy (non-hydrogen) atoms. The van der Waals surface area contributed by atoms with Crippen molar-refractivity contribution in [2.24, 2.45) is 5.92 Å². The summed E-state index contributed by atoms with van der Waals surface area (Å²) >= 11 is 0. The standard InChI is InChI=1S/C15H28N2O3/c1-3-13-6-4-5-11-17(13)15(20)16-10-9-12(2)7-8-14(18)19/h12-13H,3-11H2,1-2H3,(H,16,20)(H,18,19). The van der Waals surface area contributed by atoms with Gasteiger partial charge in [-0.25, -0.2) is 4.79 Å². The highest BCUT2D eigenvalue weighted by molar-refractivity contribution is 5.74. The molecule has 116 valence electrons. The van der Waals surface area contributed by atoms with Crippen molar-refractivity contribution in [1.82, 2.24) is 10.2 Å². The molecular formula is C15H28N2O3. The fourth-order valence-corrected chi connectivity index (χ4v) is 2.73. The summed E-state index contributed by atoms with van der Waals surface area (Å²) in [5.41, 5.74) is 0. The summed E-state index contributed by atoms with van der Waals surface area (Å²) in [6.45, 7) is 5.65. The van der Waals surface area contributed by atoms with Gasteiger partial charge in [-0.15, -0.1) is 0 Å². The third kappa shape index (κ3) is 5.80. The van der Waals surface area contributed by atoms with Crippen LogP contribution >= 0.6 is 0 Å². The summed E-state index contributed by atoms with van der Waals surface area (Å²) in [5, 5.41) is 11.6. The summed E-state index contributed by atoms with van der Waals surface area (Å²) in [6.07, 6.45) is 6.16. The van der Waals surface area contributed by atoms with Crippen LogP contribution in [0.4, 0.5) is 4.79 Å². The van der Waals surface area contributed by atoms with Crippen molar-refractivity contribution in [3.63, 3.8) is 0 Å². The van der Waals surface area contributed by atoms with Crippen LogP contribution in [0.1, 0.15) is 58.8 Å². The number of hydrogen-bond acceptors (Lipinski definition) is 2. The van der Waals surface area contributed by atoms with Gasteiger partial charge < -0.3 is 15.3 Å². The molecule has 1 heterocycles. The molecule has 0 aromatic heterocycles. The van der Waals surface area contributed by atoms with Gasteiger partial charge in [0, 0.05) is 25.6 Å². The third-order valence-corrected chi connectivity index (χ3v) is 4.12. The SMILES string of the molecule is CCC1CCCCN1C(=O)NCCC(C)CCC(=O)O. The van der Waals surface area contributed by atoms with E-state index in [0.717, 1.165) is 32.2 Å². The molecule has 5 nitrogen and oxygen atoms in total. The fourth-order valence-electron chi connectivity index (χ4n) is 2.73. The lowest BCUT2D eigenvalue weighted by atomic mass is 10.0. The number of amides is 2. The molecule has 2 unspecified atom stereocenters. The van der Waals surface area contributed by atoms with E-state index in [4.69, 9.17) is 5.11 Å². The number of likely N-dealkylation sites (tertiary alicyclic amines) is 1. The highest BCUT2D eigenvalue weighted by Crippen LogP contribution is 2.19. The van der Waals surface area contributed by atoms with Crippen LogP contribution in [0, 0.1) is 5.92 Å². The van der Waals surface area contributed by atoms with Crippen LogP contribution in [0.3, 0.4) is 0 Å². The summed E-state index contributed by atoms with van der Waals surface area (Å²) < 4.78 is 0. The zero-order valence-electron chi connectivity index (χ0n) is 12.7. The van der Waals surface area contributed by atoms with E-state index in [1.807, 2.05) is 11.8 Å². The Hall–Kier alpha value is -1.26. The van der Waals surface area contributed by atoms with Crippen molar-refractivity contribution in [2.75, 3.05) is 13.1 Å². The fraction of sp³-hybridized carbons (Fsp3) is 0.867. The van der Waals surface area contributed by atoms with E-state index in [0.29, 0.717) is 24.9 Å². The second-order valence-corrected chi connectivity index (χ2v) is 5.81. The molecule has 0 bridgehead atoms. The molecule has 0 aromatic carbocycles. The number of carbonyl (C=O) groups is 2. The quantitative estimate of drug-likeness (QED) is 0.755. The van der Waals surface area contributed by atoms with Crippen LogP contribution in [0.5, 0.6) is 0 Å². The van der Waals surface area contributed by atoms with Gasteiger partial charge in [-0.05, 0) is 44.4 Å². The highest BCUT2D eigenvalue weighted by atomic mass is 16.4. The average molecular weight is 284 g/mol. The molecule has 2 N–H and O–H groups in total. The number of carbonyl (C=O) groups excluding carboxylic acids is 1. The van der Waals surface area contributed by atoms with Crippen LogP contribution in [0.2, 0.25) is 0 Å². The molecular weight excluding hydrogens is 256 g/mol. The predicted octanol–water partition coefficient (Wildman–Crippen LogP) is 2.85. The van der Waals surface area contributed by atoms with Crippen LogP contribution in [0.25, 0.3) is 0 Å². The van der Waals surface area contributed by atoms with Gasteiger partial charge in [0.2, 0.25) is 0 Å². The minimum atomic E-state index is -0.750. The van der Waals surface area contributed by atoms with Gasteiger partial charge in [-0.3, -0.25) is 4.79 Å². The number of carboxylic acid groups (broad SMARTS) is 1. The number of aliphatic carboxylic acids is 1. The molecule has 0 radical (unpaired) electrons. The summed E-state index contributed by atoms with van der Waals surface area (Å²) in [6, 6.07) is 0.426. The third-order valence-electron chi connectivity index (χ3n) is 4.12. The molecule has 2 atom stereocenters. The van der Waals surface area contributed by atoms with E-state index in [-0.39, 0.29) is 12.5 Å². The Morgan fingerprint density at radius 3 is 2.75 bits per heavy atom. The van der Waals surface area contributed by atoms with Crippen LogP contribution in [-0.4, -0.2) is 41.1 Å². The second-order valence-electron chi connectivity index (χ2n) is 5.81. The lowest BCUT2D eigenvalue weighted by Gasteiger charge is -2.35. The van der Waals surface area contributed by atoms with Gasteiger partial charge in [0.05, 0.1) is 0 Å². The summed E-state index contributed by atoms with van der Waals surface area (Å²) in [7, 11) is 0. The first-order valence-electron chi connectivity index (χ1n) is 7.80. The zero-order valence-corrected chi connectivity index (χ0v) is 12.7. The van der Waals surface area contributed by atoms with E-state index in [2.05, 4.69) is 12.2 Å². The summed E-state index contributed by atoms with van der Waals surface area (Å²) in [4.78, 5) is 24.6. The molecule has 1 saturated heterocycles. The Morgan fingerprint density at radius 2 is 2.10 bits per heavy atom. The zero-order chi connectivity index (χ0) is 15.0. The van der Waals surface area contributed by atoms with Crippen molar-refractivity contribution >= 4 is 12.0 Å². The first-order chi connectivity index (χ1) is 9.54. The highest BCUT2D eigenvalue weighted by Gasteiger charge is 2.24. The van der Waals surface area contributed by atoms with Crippen LogP contribution < -0.4 is 5.32 Å². The van der Waals surface area contributed by atoms with Gasteiger partial charge >= 0.3 is 12.0 Å². The Morgan fingerprint density at radius 1 is 1.35 bits per heavy atom. The van der Waals surface area contributed by atoms with Crippen molar-refractivity contribution in [2.45, 2.75) is 64.8 Å². The Labute approximate surface area is 121 Å². The van der Waals surface area contributed by atoms with Gasteiger partial charge in [-0.1, -0.05) is 13.8 Å². The minimum Gasteiger partial charge on any atom is -0.481 e.